The van der Waals surface area contributed by atoms with Crippen LogP contribution in [0.4, 0.5) is 24.8 Å². The van der Waals surface area contributed by atoms with Crippen molar-refractivity contribution in [2.24, 2.45) is 0 Å². The first-order valence-electron chi connectivity index (χ1n) is 8.42. The second kappa shape index (κ2) is 9.22. The van der Waals surface area contributed by atoms with Crippen molar-refractivity contribution in [2.75, 3.05) is 18.5 Å². The van der Waals surface area contributed by atoms with E-state index in [4.69, 9.17) is 20.6 Å². The SMILES string of the molecule is CCOP(=O)(Cc1ccc(Nc2ncc(C(F)(F)F)c(Cl)n2)c(C)c1)OCC. The fourth-order valence-corrected chi connectivity index (χ4v) is 4.37. The van der Waals surface area contributed by atoms with Gasteiger partial charge in [-0.3, -0.25) is 4.57 Å². The zero-order chi connectivity index (χ0) is 20.9. The zero-order valence-corrected chi connectivity index (χ0v) is 17.2. The molecule has 0 amide bonds. The van der Waals surface area contributed by atoms with Crippen molar-refractivity contribution < 1.29 is 26.8 Å². The lowest BCUT2D eigenvalue weighted by atomic mass is 10.1. The Hall–Kier alpha value is -1.67. The quantitative estimate of drug-likeness (QED) is 0.405. The van der Waals surface area contributed by atoms with Crippen LogP contribution in [0.3, 0.4) is 0 Å². The van der Waals surface area contributed by atoms with Gasteiger partial charge in [-0.2, -0.15) is 13.2 Å². The van der Waals surface area contributed by atoms with Gasteiger partial charge in [-0.05, 0) is 38.0 Å². The molecule has 2 aromatic rings. The molecule has 1 N–H and O–H groups in total. The molecule has 1 aromatic heterocycles. The summed E-state index contributed by atoms with van der Waals surface area (Å²) in [5.41, 5.74) is 0.952. The smallest absolute Gasteiger partial charge is 0.324 e. The molecule has 0 unspecified atom stereocenters. The molecule has 0 saturated carbocycles. The summed E-state index contributed by atoms with van der Waals surface area (Å²) < 4.78 is 61.4. The molecule has 0 saturated heterocycles. The monoisotopic (exact) mass is 437 g/mol. The third-order valence-electron chi connectivity index (χ3n) is 3.61. The van der Waals surface area contributed by atoms with Gasteiger partial charge in [-0.15, -0.1) is 0 Å². The number of alkyl halides is 3. The van der Waals surface area contributed by atoms with Gasteiger partial charge in [-0.25, -0.2) is 9.97 Å². The van der Waals surface area contributed by atoms with E-state index in [-0.39, 0.29) is 25.3 Å². The minimum atomic E-state index is -4.62. The molecular formula is C17H20ClF3N3O3P. The third kappa shape index (κ3) is 5.91. The Bertz CT molecular complexity index is 870. The molecule has 0 aliphatic rings. The van der Waals surface area contributed by atoms with Crippen LogP contribution in [0.15, 0.2) is 24.4 Å². The maximum Gasteiger partial charge on any atom is 0.420 e. The zero-order valence-electron chi connectivity index (χ0n) is 15.5. The van der Waals surface area contributed by atoms with E-state index in [9.17, 15) is 17.7 Å². The number of benzene rings is 1. The normalized spacial score (nSPS) is 12.2. The Balaban J connectivity index is 2.19. The highest BCUT2D eigenvalue weighted by Crippen LogP contribution is 2.51. The van der Waals surface area contributed by atoms with E-state index >= 15 is 0 Å². The minimum absolute atomic E-state index is 0.0665. The predicted molar refractivity (Wildman–Crippen MR) is 101 cm³/mol. The number of hydrogen-bond donors (Lipinski definition) is 1. The molecule has 6 nitrogen and oxygen atoms in total. The number of nitrogens with zero attached hydrogens (tertiary/aromatic N) is 2. The number of aryl methyl sites for hydroxylation is 1. The largest absolute Gasteiger partial charge is 0.420 e. The van der Waals surface area contributed by atoms with Gasteiger partial charge in [0.15, 0.2) is 0 Å². The van der Waals surface area contributed by atoms with Gasteiger partial charge in [0.25, 0.3) is 0 Å². The van der Waals surface area contributed by atoms with Crippen LogP contribution in [0.1, 0.15) is 30.5 Å². The lowest BCUT2D eigenvalue weighted by molar-refractivity contribution is -0.137. The summed E-state index contributed by atoms with van der Waals surface area (Å²) in [6, 6.07) is 5.17. The Kier molecular flexibility index (Phi) is 7.45. The summed E-state index contributed by atoms with van der Waals surface area (Å²) in [6.45, 7) is 5.78. The van der Waals surface area contributed by atoms with Crippen molar-refractivity contribution in [3.63, 3.8) is 0 Å². The van der Waals surface area contributed by atoms with Crippen molar-refractivity contribution in [1.82, 2.24) is 9.97 Å². The van der Waals surface area contributed by atoms with Crippen LogP contribution in [0.25, 0.3) is 0 Å². The summed E-state index contributed by atoms with van der Waals surface area (Å²) >= 11 is 5.61. The van der Waals surface area contributed by atoms with Crippen LogP contribution < -0.4 is 5.32 Å². The lowest BCUT2D eigenvalue weighted by Crippen LogP contribution is -2.09. The average molecular weight is 438 g/mol. The Morgan fingerprint density at radius 1 is 1.21 bits per heavy atom. The molecule has 0 aliphatic heterocycles. The molecule has 1 heterocycles. The molecule has 154 valence electrons. The number of nitrogens with one attached hydrogen (secondary N) is 1. The standard InChI is InChI=1S/C17H20ClF3N3O3P/c1-4-26-28(25,27-5-2)10-12-6-7-14(11(3)8-12)23-16-22-9-13(15(18)24-16)17(19,20)21/h6-9H,4-5,10H2,1-3H3,(H,22,23,24). The minimum Gasteiger partial charge on any atom is -0.324 e. The highest BCUT2D eigenvalue weighted by molar-refractivity contribution is 7.53. The van der Waals surface area contributed by atoms with Gasteiger partial charge in [0, 0.05) is 11.9 Å². The van der Waals surface area contributed by atoms with Crippen LogP contribution in [-0.2, 0) is 26.0 Å². The fraction of sp³-hybridized carbons (Fsp3) is 0.412. The first kappa shape index (κ1) is 22.6. The molecule has 0 bridgehead atoms. The topological polar surface area (TPSA) is 73.3 Å². The summed E-state index contributed by atoms with van der Waals surface area (Å²) in [6.07, 6.45) is -3.89. The highest BCUT2D eigenvalue weighted by atomic mass is 35.5. The molecule has 0 spiro atoms. The van der Waals surface area contributed by atoms with E-state index in [0.717, 1.165) is 11.1 Å². The Labute approximate surface area is 166 Å². The van der Waals surface area contributed by atoms with Gasteiger partial charge in [0.05, 0.1) is 19.4 Å². The molecule has 0 fully saturated rings. The van der Waals surface area contributed by atoms with Gasteiger partial charge in [0.1, 0.15) is 10.7 Å². The van der Waals surface area contributed by atoms with Crippen molar-refractivity contribution in [1.29, 1.82) is 0 Å². The molecular weight excluding hydrogens is 418 g/mol. The molecule has 0 radical (unpaired) electrons. The molecule has 0 aliphatic carbocycles. The van der Waals surface area contributed by atoms with Gasteiger partial charge in [0.2, 0.25) is 5.95 Å². The summed E-state index contributed by atoms with van der Waals surface area (Å²) in [4.78, 5) is 7.31. The predicted octanol–water partition coefficient (Wildman–Crippen LogP) is 5.97. The molecule has 1 aromatic carbocycles. The second-order valence-corrected chi connectivity index (χ2v) is 8.19. The van der Waals surface area contributed by atoms with E-state index in [1.807, 2.05) is 0 Å². The summed E-state index contributed by atoms with van der Waals surface area (Å²) in [5, 5.41) is 2.14. The maximum atomic E-state index is 12.7. The number of rotatable bonds is 8. The maximum absolute atomic E-state index is 12.7. The van der Waals surface area contributed by atoms with E-state index < -0.39 is 24.5 Å². The highest BCUT2D eigenvalue weighted by Gasteiger charge is 2.34. The number of anilines is 2. The first-order valence-corrected chi connectivity index (χ1v) is 10.5. The van der Waals surface area contributed by atoms with E-state index in [2.05, 4.69) is 15.3 Å². The van der Waals surface area contributed by atoms with Crippen LogP contribution in [0.2, 0.25) is 5.15 Å². The van der Waals surface area contributed by atoms with E-state index in [0.29, 0.717) is 11.9 Å². The van der Waals surface area contributed by atoms with E-state index in [1.165, 1.54) is 0 Å². The van der Waals surface area contributed by atoms with Gasteiger partial charge >= 0.3 is 13.8 Å². The molecule has 0 atom stereocenters. The van der Waals surface area contributed by atoms with Crippen molar-refractivity contribution >= 4 is 30.8 Å². The number of aromatic nitrogens is 2. The Morgan fingerprint density at radius 2 is 1.86 bits per heavy atom. The second-order valence-electron chi connectivity index (χ2n) is 5.77. The van der Waals surface area contributed by atoms with E-state index in [1.54, 1.807) is 39.0 Å². The third-order valence-corrected chi connectivity index (χ3v) is 5.96. The lowest BCUT2D eigenvalue weighted by Gasteiger charge is -2.18. The number of hydrogen-bond acceptors (Lipinski definition) is 6. The molecule has 11 heteroatoms. The van der Waals surface area contributed by atoms with Crippen LogP contribution in [0.5, 0.6) is 0 Å². The van der Waals surface area contributed by atoms with Crippen LogP contribution in [0, 0.1) is 6.92 Å². The van der Waals surface area contributed by atoms with Crippen molar-refractivity contribution in [3.05, 3.63) is 46.2 Å². The average Bonchev–Trinajstić information content (AvgIpc) is 2.56. The van der Waals surface area contributed by atoms with Crippen molar-refractivity contribution in [3.8, 4) is 0 Å². The summed E-state index contributed by atoms with van der Waals surface area (Å²) in [7, 11) is -3.24. The summed E-state index contributed by atoms with van der Waals surface area (Å²) in [5.74, 6) is -0.0665. The first-order chi connectivity index (χ1) is 13.1. The van der Waals surface area contributed by atoms with Crippen molar-refractivity contribution in [2.45, 2.75) is 33.1 Å². The Morgan fingerprint density at radius 3 is 2.36 bits per heavy atom. The van der Waals surface area contributed by atoms with Gasteiger partial charge in [-0.1, -0.05) is 23.7 Å². The molecule has 28 heavy (non-hydrogen) atoms. The van der Waals surface area contributed by atoms with Crippen LogP contribution in [-0.4, -0.2) is 23.2 Å². The van der Waals surface area contributed by atoms with Gasteiger partial charge < -0.3 is 14.4 Å². The number of halogens is 4. The van der Waals surface area contributed by atoms with Crippen LogP contribution >= 0.6 is 19.2 Å². The molecule has 2 rings (SSSR count). The fourth-order valence-electron chi connectivity index (χ4n) is 2.44.